The fourth-order valence-corrected chi connectivity index (χ4v) is 4.90. The molecule has 180 valence electrons. The zero-order chi connectivity index (χ0) is 25.1. The van der Waals surface area contributed by atoms with Crippen LogP contribution in [0.5, 0.6) is 0 Å². The number of H-pyrrole nitrogens is 1. The second-order valence-electron chi connectivity index (χ2n) is 7.26. The Kier molecular flexibility index (Phi) is 8.15. The summed E-state index contributed by atoms with van der Waals surface area (Å²) in [5.74, 6) is -3.46. The van der Waals surface area contributed by atoms with Crippen molar-refractivity contribution in [3.8, 4) is 0 Å². The lowest BCUT2D eigenvalue weighted by Crippen LogP contribution is -2.31. The number of aromatic nitrogens is 1. The fourth-order valence-electron chi connectivity index (χ4n) is 3.42. The summed E-state index contributed by atoms with van der Waals surface area (Å²) >= 11 is 0. The SMILES string of the molecule is CCN(CC)S(=O)(=O)c1ccc(F)c(C(=O)OC(C)C(=O)c2[nH]c(C)c(C(=O)OC)c2C)c1. The zero-order valence-corrected chi connectivity index (χ0v) is 20.1. The molecule has 0 bridgehead atoms. The van der Waals surface area contributed by atoms with Crippen molar-refractivity contribution < 1.29 is 36.7 Å². The summed E-state index contributed by atoms with van der Waals surface area (Å²) in [6.45, 7) is 8.13. The molecule has 0 aliphatic carbocycles. The molecule has 2 rings (SSSR count). The van der Waals surface area contributed by atoms with Crippen LogP contribution in [0.3, 0.4) is 0 Å². The maximum Gasteiger partial charge on any atom is 0.341 e. The van der Waals surface area contributed by atoms with E-state index < -0.39 is 45.2 Å². The molecule has 33 heavy (non-hydrogen) atoms. The number of nitrogens with one attached hydrogen (secondary N) is 1. The minimum Gasteiger partial charge on any atom is -0.465 e. The molecule has 0 radical (unpaired) electrons. The summed E-state index contributed by atoms with van der Waals surface area (Å²) in [7, 11) is -2.73. The van der Waals surface area contributed by atoms with Crippen molar-refractivity contribution in [2.45, 2.75) is 45.6 Å². The predicted octanol–water partition coefficient (Wildman–Crippen LogP) is 3.02. The Morgan fingerprint density at radius 1 is 1.12 bits per heavy atom. The molecule has 2 aromatic rings. The van der Waals surface area contributed by atoms with E-state index >= 15 is 0 Å². The number of carbonyl (C=O) groups is 3. The van der Waals surface area contributed by atoms with Gasteiger partial charge >= 0.3 is 11.9 Å². The highest BCUT2D eigenvalue weighted by Crippen LogP contribution is 2.23. The summed E-state index contributed by atoms with van der Waals surface area (Å²) in [6.07, 6.45) is -1.35. The Bertz CT molecular complexity index is 1180. The first-order valence-electron chi connectivity index (χ1n) is 10.2. The molecular weight excluding hydrogens is 455 g/mol. The Labute approximate surface area is 191 Å². The Morgan fingerprint density at radius 2 is 1.73 bits per heavy atom. The molecular formula is C22H27FN2O7S. The molecule has 0 spiro atoms. The maximum atomic E-state index is 14.3. The van der Waals surface area contributed by atoms with Gasteiger partial charge in [-0.1, -0.05) is 13.8 Å². The lowest BCUT2D eigenvalue weighted by Gasteiger charge is -2.19. The van der Waals surface area contributed by atoms with Crippen molar-refractivity contribution in [2.75, 3.05) is 20.2 Å². The first-order valence-corrected chi connectivity index (χ1v) is 11.7. The number of ketones is 1. The van der Waals surface area contributed by atoms with Crippen LogP contribution in [0.4, 0.5) is 4.39 Å². The van der Waals surface area contributed by atoms with E-state index in [1.54, 1.807) is 27.7 Å². The third-order valence-corrected chi connectivity index (χ3v) is 7.27. The number of Topliss-reactive ketones (excluding diaryl/α,β-unsaturated/α-hetero) is 1. The number of aryl methyl sites for hydroxylation is 1. The number of ether oxygens (including phenoxy) is 2. The lowest BCUT2D eigenvalue weighted by atomic mass is 10.1. The largest absolute Gasteiger partial charge is 0.465 e. The smallest absolute Gasteiger partial charge is 0.341 e. The summed E-state index contributed by atoms with van der Waals surface area (Å²) in [5, 5.41) is 0. The van der Waals surface area contributed by atoms with Crippen molar-refractivity contribution in [2.24, 2.45) is 0 Å². The number of aromatic amines is 1. The van der Waals surface area contributed by atoms with E-state index in [-0.39, 0.29) is 29.2 Å². The van der Waals surface area contributed by atoms with E-state index in [0.29, 0.717) is 11.3 Å². The number of rotatable bonds is 9. The van der Waals surface area contributed by atoms with Gasteiger partial charge < -0.3 is 14.5 Å². The van der Waals surface area contributed by atoms with Gasteiger partial charge in [-0.3, -0.25) is 4.79 Å². The first kappa shape index (κ1) is 26.2. The molecule has 0 saturated heterocycles. The van der Waals surface area contributed by atoms with Crippen LogP contribution in [0.25, 0.3) is 0 Å². The number of sulfonamides is 1. The predicted molar refractivity (Wildman–Crippen MR) is 117 cm³/mol. The van der Waals surface area contributed by atoms with E-state index in [0.717, 1.165) is 22.5 Å². The zero-order valence-electron chi connectivity index (χ0n) is 19.3. The molecule has 1 aromatic heterocycles. The van der Waals surface area contributed by atoms with Crippen molar-refractivity contribution >= 4 is 27.7 Å². The van der Waals surface area contributed by atoms with Gasteiger partial charge in [-0.05, 0) is 44.5 Å². The normalized spacial score (nSPS) is 12.5. The highest BCUT2D eigenvalue weighted by molar-refractivity contribution is 7.89. The third-order valence-electron chi connectivity index (χ3n) is 5.23. The number of hydrogen-bond donors (Lipinski definition) is 1. The molecule has 0 saturated carbocycles. The quantitative estimate of drug-likeness (QED) is 0.430. The van der Waals surface area contributed by atoms with Gasteiger partial charge in [0.15, 0.2) is 6.10 Å². The number of esters is 2. The van der Waals surface area contributed by atoms with Gasteiger partial charge in [0.25, 0.3) is 0 Å². The van der Waals surface area contributed by atoms with Crippen LogP contribution >= 0.6 is 0 Å². The highest BCUT2D eigenvalue weighted by atomic mass is 32.2. The molecule has 0 amide bonds. The number of nitrogens with zero attached hydrogens (tertiary/aromatic N) is 1. The second kappa shape index (κ2) is 10.3. The van der Waals surface area contributed by atoms with Gasteiger partial charge in [-0.25, -0.2) is 22.4 Å². The topological polar surface area (TPSA) is 123 Å². The van der Waals surface area contributed by atoms with E-state index in [1.165, 1.54) is 14.0 Å². The molecule has 1 atom stereocenters. The van der Waals surface area contributed by atoms with Crippen LogP contribution in [0.1, 0.15) is 63.2 Å². The Balaban J connectivity index is 2.32. The van der Waals surface area contributed by atoms with Gasteiger partial charge in [0.2, 0.25) is 15.8 Å². The maximum absolute atomic E-state index is 14.3. The van der Waals surface area contributed by atoms with Crippen LogP contribution < -0.4 is 0 Å². The minimum absolute atomic E-state index is 0.0477. The van der Waals surface area contributed by atoms with Crippen LogP contribution in [0, 0.1) is 19.7 Å². The number of hydrogen-bond acceptors (Lipinski definition) is 7. The van der Waals surface area contributed by atoms with Crippen molar-refractivity contribution in [3.05, 3.63) is 52.1 Å². The van der Waals surface area contributed by atoms with Gasteiger partial charge in [0.1, 0.15) is 5.82 Å². The van der Waals surface area contributed by atoms with Gasteiger partial charge in [0.05, 0.1) is 28.8 Å². The second-order valence-corrected chi connectivity index (χ2v) is 9.20. The average Bonchev–Trinajstić information content (AvgIpc) is 3.07. The highest BCUT2D eigenvalue weighted by Gasteiger charge is 2.29. The molecule has 1 unspecified atom stereocenters. The number of carbonyl (C=O) groups excluding carboxylic acids is 3. The molecule has 0 aliphatic heterocycles. The van der Waals surface area contributed by atoms with E-state index in [2.05, 4.69) is 4.98 Å². The van der Waals surface area contributed by atoms with Crippen LogP contribution in [-0.4, -0.2) is 61.7 Å². The average molecular weight is 483 g/mol. The van der Waals surface area contributed by atoms with E-state index in [9.17, 15) is 27.2 Å². The Morgan fingerprint density at radius 3 is 2.27 bits per heavy atom. The summed E-state index contributed by atoms with van der Waals surface area (Å²) in [6, 6.07) is 2.82. The third kappa shape index (κ3) is 5.14. The summed E-state index contributed by atoms with van der Waals surface area (Å²) in [5.41, 5.74) is 0.358. The number of methoxy groups -OCH3 is 1. The van der Waals surface area contributed by atoms with E-state index in [1.807, 2.05) is 0 Å². The standard InChI is InChI=1S/C22H27FN2O7S/c1-7-25(8-2)33(29,30)15-9-10-17(23)16(11-15)21(27)32-14(5)20(26)19-12(3)18(13(4)24-19)22(28)31-6/h9-11,14,24H,7-8H2,1-6H3. The molecule has 11 heteroatoms. The van der Waals surface area contributed by atoms with Crippen LogP contribution in [0.15, 0.2) is 23.1 Å². The molecule has 0 aliphatic rings. The molecule has 9 nitrogen and oxygen atoms in total. The summed E-state index contributed by atoms with van der Waals surface area (Å²) < 4.78 is 50.8. The van der Waals surface area contributed by atoms with Gasteiger partial charge in [-0.15, -0.1) is 0 Å². The fraction of sp³-hybridized carbons (Fsp3) is 0.409. The van der Waals surface area contributed by atoms with Gasteiger partial charge in [-0.2, -0.15) is 4.31 Å². The lowest BCUT2D eigenvalue weighted by molar-refractivity contribution is 0.0312. The first-order chi connectivity index (χ1) is 15.4. The molecule has 0 fully saturated rings. The Hall–Kier alpha value is -3.05. The molecule has 1 N–H and O–H groups in total. The van der Waals surface area contributed by atoms with Crippen molar-refractivity contribution in [1.29, 1.82) is 0 Å². The monoisotopic (exact) mass is 482 g/mol. The molecule has 1 heterocycles. The van der Waals surface area contributed by atoms with Crippen LogP contribution in [-0.2, 0) is 19.5 Å². The molecule has 1 aromatic carbocycles. The van der Waals surface area contributed by atoms with Gasteiger partial charge in [0, 0.05) is 18.8 Å². The number of benzene rings is 1. The van der Waals surface area contributed by atoms with Crippen molar-refractivity contribution in [1.82, 2.24) is 9.29 Å². The minimum atomic E-state index is -3.94. The summed E-state index contributed by atoms with van der Waals surface area (Å²) in [4.78, 5) is 39.9. The van der Waals surface area contributed by atoms with E-state index in [4.69, 9.17) is 9.47 Å². The van der Waals surface area contributed by atoms with Crippen molar-refractivity contribution in [3.63, 3.8) is 0 Å². The number of halogens is 1. The van der Waals surface area contributed by atoms with Crippen LogP contribution in [0.2, 0.25) is 0 Å².